The standard InChI is InChI=1S/C21H39N5OS2/c1-5-7-8-9-10-11-12-21(6-2,16-15-23-13-14-25(16)18(22)28)26-19(29)24-17(27)20(26,3)4/h16,23H,5-15H2,1-4H3,(H2,22,28)(H,24,27,29). The number of carbonyl (C=O) groups excluding carboxylic acids is 1. The van der Waals surface area contributed by atoms with Crippen LogP contribution in [-0.2, 0) is 4.79 Å². The Morgan fingerprint density at radius 3 is 2.45 bits per heavy atom. The fraction of sp³-hybridized carbons (Fsp3) is 0.857. The Hall–Kier alpha value is -0.990. The van der Waals surface area contributed by atoms with Gasteiger partial charge in [-0.2, -0.15) is 0 Å². The van der Waals surface area contributed by atoms with Crippen LogP contribution in [0, 0.1) is 0 Å². The summed E-state index contributed by atoms with van der Waals surface area (Å²) in [5, 5.41) is 7.39. The van der Waals surface area contributed by atoms with Crippen LogP contribution >= 0.6 is 24.4 Å². The number of nitrogens with zero attached hydrogens (tertiary/aromatic N) is 2. The number of rotatable bonds is 10. The third-order valence-electron chi connectivity index (χ3n) is 6.71. The van der Waals surface area contributed by atoms with Crippen molar-refractivity contribution in [3.8, 4) is 0 Å². The largest absolute Gasteiger partial charge is 0.376 e. The summed E-state index contributed by atoms with van der Waals surface area (Å²) >= 11 is 11.1. The van der Waals surface area contributed by atoms with Gasteiger partial charge in [0.15, 0.2) is 10.2 Å². The van der Waals surface area contributed by atoms with Gasteiger partial charge in [-0.15, -0.1) is 0 Å². The van der Waals surface area contributed by atoms with Crippen molar-refractivity contribution in [2.45, 2.75) is 96.2 Å². The van der Waals surface area contributed by atoms with Crippen molar-refractivity contribution in [2.75, 3.05) is 19.6 Å². The van der Waals surface area contributed by atoms with Gasteiger partial charge >= 0.3 is 0 Å². The van der Waals surface area contributed by atoms with E-state index in [0.717, 1.165) is 38.9 Å². The number of thiocarbonyl (C=S) groups is 2. The molecule has 6 nitrogen and oxygen atoms in total. The van der Waals surface area contributed by atoms with Crippen LogP contribution in [-0.4, -0.2) is 62.7 Å². The first-order valence-electron chi connectivity index (χ1n) is 11.1. The van der Waals surface area contributed by atoms with Gasteiger partial charge in [-0.05, 0) is 51.1 Å². The molecule has 0 bridgehead atoms. The molecule has 0 aromatic carbocycles. The van der Waals surface area contributed by atoms with Crippen molar-refractivity contribution >= 4 is 40.6 Å². The fourth-order valence-electron chi connectivity index (χ4n) is 5.08. The predicted molar refractivity (Wildman–Crippen MR) is 128 cm³/mol. The molecule has 29 heavy (non-hydrogen) atoms. The zero-order chi connectivity index (χ0) is 21.7. The second-order valence-corrected chi connectivity index (χ2v) is 9.69. The molecule has 2 fully saturated rings. The summed E-state index contributed by atoms with van der Waals surface area (Å²) in [5.74, 6) is -0.0334. The summed E-state index contributed by atoms with van der Waals surface area (Å²) in [7, 11) is 0. The molecule has 2 atom stereocenters. The monoisotopic (exact) mass is 441 g/mol. The first-order chi connectivity index (χ1) is 13.7. The molecule has 166 valence electrons. The average molecular weight is 442 g/mol. The van der Waals surface area contributed by atoms with Crippen molar-refractivity contribution in [1.82, 2.24) is 20.4 Å². The van der Waals surface area contributed by atoms with Gasteiger partial charge in [-0.25, -0.2) is 0 Å². The van der Waals surface area contributed by atoms with E-state index in [4.69, 9.17) is 30.2 Å². The van der Waals surface area contributed by atoms with E-state index in [-0.39, 0.29) is 17.5 Å². The molecule has 2 aliphatic heterocycles. The van der Waals surface area contributed by atoms with Crippen molar-refractivity contribution in [2.24, 2.45) is 5.73 Å². The lowest BCUT2D eigenvalue weighted by molar-refractivity contribution is -0.128. The molecule has 1 amide bonds. The summed E-state index contributed by atoms with van der Waals surface area (Å²) in [4.78, 5) is 17.0. The van der Waals surface area contributed by atoms with Gasteiger partial charge in [0.1, 0.15) is 5.54 Å². The van der Waals surface area contributed by atoms with E-state index in [2.05, 4.69) is 34.3 Å². The fourth-order valence-corrected chi connectivity index (χ4v) is 5.80. The van der Waals surface area contributed by atoms with Gasteiger partial charge in [-0.1, -0.05) is 52.4 Å². The Balaban J connectivity index is 2.36. The number of nitrogens with one attached hydrogen (secondary N) is 2. The van der Waals surface area contributed by atoms with E-state index in [0.29, 0.717) is 10.2 Å². The maximum absolute atomic E-state index is 12.7. The van der Waals surface area contributed by atoms with Gasteiger partial charge in [0.2, 0.25) is 0 Å². The van der Waals surface area contributed by atoms with Crippen LogP contribution in [0.25, 0.3) is 0 Å². The highest BCUT2D eigenvalue weighted by Crippen LogP contribution is 2.41. The highest BCUT2D eigenvalue weighted by atomic mass is 32.1. The first kappa shape index (κ1) is 24.3. The number of unbranched alkanes of at least 4 members (excludes halogenated alkanes) is 5. The number of hydrogen-bond donors (Lipinski definition) is 3. The van der Waals surface area contributed by atoms with E-state index < -0.39 is 5.54 Å². The van der Waals surface area contributed by atoms with E-state index in [1.165, 1.54) is 32.1 Å². The third kappa shape index (κ3) is 5.02. The molecule has 2 unspecified atom stereocenters. The third-order valence-corrected chi connectivity index (χ3v) is 7.22. The molecule has 4 N–H and O–H groups in total. The normalized spacial score (nSPS) is 23.8. The lowest BCUT2D eigenvalue weighted by Crippen LogP contribution is -2.72. The highest BCUT2D eigenvalue weighted by molar-refractivity contribution is 7.80. The van der Waals surface area contributed by atoms with Crippen molar-refractivity contribution < 1.29 is 4.79 Å². The Labute approximate surface area is 187 Å². The lowest BCUT2D eigenvalue weighted by atomic mass is 9.76. The summed E-state index contributed by atoms with van der Waals surface area (Å²) < 4.78 is 0. The van der Waals surface area contributed by atoms with Crippen LogP contribution in [0.1, 0.15) is 79.1 Å². The SMILES string of the molecule is CCCCCCCCC(CC)(C1CNCCN1C(N)=S)N1C(=S)NC(=O)C1(C)C. The van der Waals surface area contributed by atoms with Gasteiger partial charge in [0.05, 0.1) is 11.6 Å². The van der Waals surface area contributed by atoms with Gasteiger partial charge in [0, 0.05) is 19.6 Å². The Kier molecular flexibility index (Phi) is 8.67. The maximum Gasteiger partial charge on any atom is 0.251 e. The summed E-state index contributed by atoms with van der Waals surface area (Å²) in [6, 6.07) is 0.0688. The predicted octanol–water partition coefficient (Wildman–Crippen LogP) is 2.90. The van der Waals surface area contributed by atoms with E-state index >= 15 is 0 Å². The Morgan fingerprint density at radius 2 is 1.90 bits per heavy atom. The quantitative estimate of drug-likeness (QED) is 0.356. The molecule has 8 heteroatoms. The maximum atomic E-state index is 12.7. The summed E-state index contributed by atoms with van der Waals surface area (Å²) in [6.45, 7) is 10.8. The Morgan fingerprint density at radius 1 is 1.24 bits per heavy atom. The molecular weight excluding hydrogens is 402 g/mol. The number of amides is 1. The van der Waals surface area contributed by atoms with Crippen molar-refractivity contribution in [1.29, 1.82) is 0 Å². The zero-order valence-electron chi connectivity index (χ0n) is 18.6. The smallest absolute Gasteiger partial charge is 0.251 e. The molecule has 2 aliphatic rings. The highest BCUT2D eigenvalue weighted by Gasteiger charge is 2.56. The van der Waals surface area contributed by atoms with Gasteiger partial charge in [-0.3, -0.25) is 4.79 Å². The molecule has 0 aromatic heterocycles. The average Bonchev–Trinajstić information content (AvgIpc) is 2.89. The molecule has 0 aromatic rings. The van der Waals surface area contributed by atoms with Crippen LogP contribution in [0.5, 0.6) is 0 Å². The van der Waals surface area contributed by atoms with E-state index in [1.54, 1.807) is 0 Å². The molecule has 2 saturated heterocycles. The second-order valence-electron chi connectivity index (χ2n) is 8.88. The minimum absolute atomic E-state index is 0.0334. The van der Waals surface area contributed by atoms with Crippen LogP contribution in [0.2, 0.25) is 0 Å². The molecule has 2 rings (SSSR count). The second kappa shape index (κ2) is 10.4. The minimum Gasteiger partial charge on any atom is -0.376 e. The lowest BCUT2D eigenvalue weighted by Gasteiger charge is -2.56. The van der Waals surface area contributed by atoms with Crippen LogP contribution < -0.4 is 16.4 Å². The molecule has 2 heterocycles. The van der Waals surface area contributed by atoms with Gasteiger partial charge < -0.3 is 26.2 Å². The number of hydrogen-bond acceptors (Lipinski definition) is 4. The molecular formula is C21H39N5OS2. The zero-order valence-corrected chi connectivity index (χ0v) is 20.2. The van der Waals surface area contributed by atoms with Crippen molar-refractivity contribution in [3.63, 3.8) is 0 Å². The van der Waals surface area contributed by atoms with Crippen molar-refractivity contribution in [3.05, 3.63) is 0 Å². The molecule has 0 radical (unpaired) electrons. The topological polar surface area (TPSA) is 73.6 Å². The molecule has 0 spiro atoms. The number of nitrogens with two attached hydrogens (primary N) is 1. The molecule has 0 saturated carbocycles. The van der Waals surface area contributed by atoms with E-state index in [9.17, 15) is 4.79 Å². The minimum atomic E-state index is -0.700. The summed E-state index contributed by atoms with van der Waals surface area (Å²) in [5.41, 5.74) is 5.12. The van der Waals surface area contributed by atoms with Crippen LogP contribution in [0.15, 0.2) is 0 Å². The van der Waals surface area contributed by atoms with Crippen LogP contribution in [0.4, 0.5) is 0 Å². The first-order valence-corrected chi connectivity index (χ1v) is 12.0. The Bertz CT molecular complexity index is 612. The number of piperazine rings is 1. The van der Waals surface area contributed by atoms with Gasteiger partial charge in [0.25, 0.3) is 5.91 Å². The molecule has 0 aliphatic carbocycles. The van der Waals surface area contributed by atoms with Crippen LogP contribution in [0.3, 0.4) is 0 Å². The number of carbonyl (C=O) groups is 1. The summed E-state index contributed by atoms with van der Waals surface area (Å²) in [6.07, 6.45) is 9.20. The van der Waals surface area contributed by atoms with E-state index in [1.807, 2.05) is 13.8 Å².